The van der Waals surface area contributed by atoms with E-state index in [2.05, 4.69) is 30.4 Å². The average molecular weight is 344 g/mol. The van der Waals surface area contributed by atoms with Crippen LogP contribution in [0, 0.1) is 12.8 Å². The summed E-state index contributed by atoms with van der Waals surface area (Å²) < 4.78 is 0. The van der Waals surface area contributed by atoms with Crippen LogP contribution in [0.15, 0.2) is 41.4 Å². The van der Waals surface area contributed by atoms with E-state index >= 15 is 0 Å². The van der Waals surface area contributed by atoms with Crippen LogP contribution in [0.2, 0.25) is 0 Å². The lowest BCUT2D eigenvalue weighted by Crippen LogP contribution is -2.25. The Hall–Kier alpha value is -2.42. The SMILES string of the molecule is Cc1ccc(C(=O)NC2CC2)cc1-c1ccc2c(c1)C=NC2CC1CC1. The Morgan fingerprint density at radius 3 is 2.73 bits per heavy atom. The number of rotatable bonds is 5. The lowest BCUT2D eigenvalue weighted by Gasteiger charge is -2.13. The van der Waals surface area contributed by atoms with Crippen molar-refractivity contribution < 1.29 is 4.79 Å². The van der Waals surface area contributed by atoms with Gasteiger partial charge in [0.2, 0.25) is 0 Å². The molecule has 1 atom stereocenters. The van der Waals surface area contributed by atoms with Crippen molar-refractivity contribution in [1.82, 2.24) is 5.32 Å². The molecule has 2 saturated carbocycles. The second kappa shape index (κ2) is 6.08. The van der Waals surface area contributed by atoms with Crippen molar-refractivity contribution >= 4 is 12.1 Å². The van der Waals surface area contributed by atoms with E-state index in [1.54, 1.807) is 0 Å². The summed E-state index contributed by atoms with van der Waals surface area (Å²) in [6.07, 6.45) is 8.18. The molecule has 1 aliphatic heterocycles. The third kappa shape index (κ3) is 3.07. The highest BCUT2D eigenvalue weighted by Crippen LogP contribution is 2.42. The van der Waals surface area contributed by atoms with Crippen molar-refractivity contribution in [2.45, 2.75) is 51.1 Å². The lowest BCUT2D eigenvalue weighted by molar-refractivity contribution is 0.0951. The van der Waals surface area contributed by atoms with Crippen LogP contribution in [0.3, 0.4) is 0 Å². The maximum atomic E-state index is 12.4. The van der Waals surface area contributed by atoms with E-state index in [9.17, 15) is 4.79 Å². The average Bonchev–Trinajstić information content (AvgIpc) is 3.56. The molecule has 2 aromatic rings. The first-order valence-corrected chi connectivity index (χ1v) is 9.76. The molecule has 2 aliphatic carbocycles. The summed E-state index contributed by atoms with van der Waals surface area (Å²) in [5, 5.41) is 3.08. The summed E-state index contributed by atoms with van der Waals surface area (Å²) in [5.41, 5.74) is 6.84. The first-order chi connectivity index (χ1) is 12.7. The lowest BCUT2D eigenvalue weighted by atomic mass is 9.93. The third-order valence-electron chi connectivity index (χ3n) is 5.82. The molecule has 0 saturated heterocycles. The molecule has 0 radical (unpaired) electrons. The van der Waals surface area contributed by atoms with E-state index in [0.29, 0.717) is 12.1 Å². The molecule has 1 heterocycles. The van der Waals surface area contributed by atoms with Crippen LogP contribution in [0.5, 0.6) is 0 Å². The fourth-order valence-corrected chi connectivity index (χ4v) is 3.84. The molecule has 26 heavy (non-hydrogen) atoms. The molecule has 1 amide bonds. The summed E-state index contributed by atoms with van der Waals surface area (Å²) in [7, 11) is 0. The zero-order valence-electron chi connectivity index (χ0n) is 15.2. The van der Waals surface area contributed by atoms with Gasteiger partial charge < -0.3 is 5.32 Å². The molecular formula is C23H24N2O. The molecule has 1 N–H and O–H groups in total. The first kappa shape index (κ1) is 15.8. The van der Waals surface area contributed by atoms with Gasteiger partial charge >= 0.3 is 0 Å². The summed E-state index contributed by atoms with van der Waals surface area (Å²) in [4.78, 5) is 17.1. The van der Waals surface area contributed by atoms with Gasteiger partial charge in [-0.05, 0) is 78.1 Å². The highest BCUT2D eigenvalue weighted by atomic mass is 16.1. The van der Waals surface area contributed by atoms with Crippen LogP contribution in [0.1, 0.15) is 65.2 Å². The Morgan fingerprint density at radius 2 is 1.96 bits per heavy atom. The minimum absolute atomic E-state index is 0.0426. The molecule has 1 unspecified atom stereocenters. The van der Waals surface area contributed by atoms with E-state index in [0.717, 1.165) is 29.9 Å². The van der Waals surface area contributed by atoms with Gasteiger partial charge in [-0.2, -0.15) is 0 Å². The van der Waals surface area contributed by atoms with Crippen LogP contribution in [0.4, 0.5) is 0 Å². The summed E-state index contributed by atoms with van der Waals surface area (Å²) in [6.45, 7) is 2.11. The Kier molecular flexibility index (Phi) is 3.70. The number of amides is 1. The highest BCUT2D eigenvalue weighted by molar-refractivity contribution is 5.96. The number of nitrogens with one attached hydrogen (secondary N) is 1. The Bertz CT molecular complexity index is 906. The zero-order chi connectivity index (χ0) is 17.7. The molecule has 0 bridgehead atoms. The number of aliphatic imine (C=N–C) groups is 1. The third-order valence-corrected chi connectivity index (χ3v) is 5.82. The standard InChI is InChI=1S/C23H24N2O/c1-14-2-5-17(23(26)25-19-7-8-19)12-21(14)16-6-9-20-18(11-16)13-24-22(20)10-15-3-4-15/h2,5-6,9,11-13,15,19,22H,3-4,7-8,10H2,1H3,(H,25,26). The molecule has 0 aromatic heterocycles. The maximum Gasteiger partial charge on any atom is 0.251 e. The number of carbonyl (C=O) groups excluding carboxylic acids is 1. The van der Waals surface area contributed by atoms with Crippen molar-refractivity contribution in [3.05, 3.63) is 58.7 Å². The van der Waals surface area contributed by atoms with E-state index in [-0.39, 0.29) is 5.91 Å². The molecule has 0 spiro atoms. The summed E-state index contributed by atoms with van der Waals surface area (Å²) >= 11 is 0. The second-order valence-electron chi connectivity index (χ2n) is 8.09. The predicted octanol–water partition coefficient (Wildman–Crippen LogP) is 4.83. The zero-order valence-corrected chi connectivity index (χ0v) is 15.2. The van der Waals surface area contributed by atoms with Crippen molar-refractivity contribution in [3.63, 3.8) is 0 Å². The largest absolute Gasteiger partial charge is 0.349 e. The summed E-state index contributed by atoms with van der Waals surface area (Å²) in [6, 6.07) is 13.4. The minimum atomic E-state index is 0.0426. The van der Waals surface area contributed by atoms with E-state index in [4.69, 9.17) is 4.99 Å². The number of aryl methyl sites for hydroxylation is 1. The van der Waals surface area contributed by atoms with Crippen molar-refractivity contribution in [2.24, 2.45) is 10.9 Å². The number of hydrogen-bond acceptors (Lipinski definition) is 2. The Labute approximate surface area is 154 Å². The van der Waals surface area contributed by atoms with Gasteiger partial charge in [-0.15, -0.1) is 0 Å². The van der Waals surface area contributed by atoms with Gasteiger partial charge in [-0.3, -0.25) is 9.79 Å². The van der Waals surface area contributed by atoms with Gasteiger partial charge in [0.1, 0.15) is 0 Å². The molecule has 3 aliphatic rings. The smallest absolute Gasteiger partial charge is 0.251 e. The van der Waals surface area contributed by atoms with Gasteiger partial charge in [0.15, 0.2) is 0 Å². The van der Waals surface area contributed by atoms with Crippen LogP contribution in [-0.2, 0) is 0 Å². The fraction of sp³-hybridized carbons (Fsp3) is 0.391. The predicted molar refractivity (Wildman–Crippen MR) is 105 cm³/mol. The van der Waals surface area contributed by atoms with Crippen molar-refractivity contribution in [1.29, 1.82) is 0 Å². The monoisotopic (exact) mass is 344 g/mol. The van der Waals surface area contributed by atoms with E-state index in [1.165, 1.54) is 41.5 Å². The van der Waals surface area contributed by atoms with Crippen LogP contribution < -0.4 is 5.32 Å². The maximum absolute atomic E-state index is 12.4. The molecule has 3 heteroatoms. The van der Waals surface area contributed by atoms with Gasteiger partial charge in [-0.1, -0.05) is 31.0 Å². The summed E-state index contributed by atoms with van der Waals surface area (Å²) in [5.74, 6) is 0.924. The van der Waals surface area contributed by atoms with E-state index < -0.39 is 0 Å². The van der Waals surface area contributed by atoms with Crippen molar-refractivity contribution in [2.75, 3.05) is 0 Å². The number of carbonyl (C=O) groups is 1. The van der Waals surface area contributed by atoms with Gasteiger partial charge in [0, 0.05) is 17.8 Å². The van der Waals surface area contributed by atoms with E-state index in [1.807, 2.05) is 24.4 Å². The Balaban J connectivity index is 1.44. The number of fused-ring (bicyclic) bond motifs is 1. The second-order valence-corrected chi connectivity index (χ2v) is 8.09. The van der Waals surface area contributed by atoms with Crippen LogP contribution in [0.25, 0.3) is 11.1 Å². The topological polar surface area (TPSA) is 41.5 Å². The number of nitrogens with zero attached hydrogens (tertiary/aromatic N) is 1. The Morgan fingerprint density at radius 1 is 1.12 bits per heavy atom. The van der Waals surface area contributed by atoms with Crippen molar-refractivity contribution in [3.8, 4) is 11.1 Å². The minimum Gasteiger partial charge on any atom is -0.349 e. The normalized spacial score (nSPS) is 20.9. The fourth-order valence-electron chi connectivity index (χ4n) is 3.84. The van der Waals surface area contributed by atoms with Crippen LogP contribution >= 0.6 is 0 Å². The molecule has 2 fully saturated rings. The van der Waals surface area contributed by atoms with Gasteiger partial charge in [0.05, 0.1) is 6.04 Å². The highest BCUT2D eigenvalue weighted by Gasteiger charge is 2.29. The molecule has 2 aromatic carbocycles. The van der Waals surface area contributed by atoms with Gasteiger partial charge in [-0.25, -0.2) is 0 Å². The molecular weight excluding hydrogens is 320 g/mol. The number of benzene rings is 2. The van der Waals surface area contributed by atoms with Gasteiger partial charge in [0.25, 0.3) is 5.91 Å². The number of hydrogen-bond donors (Lipinski definition) is 1. The van der Waals surface area contributed by atoms with Crippen LogP contribution in [-0.4, -0.2) is 18.2 Å². The molecule has 132 valence electrons. The first-order valence-electron chi connectivity index (χ1n) is 9.76. The molecule has 5 rings (SSSR count). The quantitative estimate of drug-likeness (QED) is 0.829. The molecule has 3 nitrogen and oxygen atoms in total.